The third-order valence-electron chi connectivity index (χ3n) is 1.92. The van der Waals surface area contributed by atoms with Gasteiger partial charge in [-0.1, -0.05) is 0 Å². The normalized spacial score (nSPS) is 32.7. The minimum absolute atomic E-state index is 0.0589. The van der Waals surface area contributed by atoms with Crippen molar-refractivity contribution in [2.45, 2.75) is 17.0 Å². The van der Waals surface area contributed by atoms with Crippen molar-refractivity contribution in [3.63, 3.8) is 0 Å². The van der Waals surface area contributed by atoms with Crippen LogP contribution in [0.3, 0.4) is 0 Å². The average molecular weight is 185 g/mol. The Balaban J connectivity index is 2.11. The fourth-order valence-electron chi connectivity index (χ4n) is 1.22. The first-order valence-electron chi connectivity index (χ1n) is 3.56. The number of aliphatic carboxylic acids is 1. The Morgan fingerprint density at radius 1 is 1.75 bits per heavy atom. The number of thioether (sulfide) groups is 1. The maximum absolute atomic E-state index is 10.9. The van der Waals surface area contributed by atoms with Crippen LogP contribution in [0.4, 0.5) is 0 Å². The molecule has 1 saturated heterocycles. The number of nitrogens with zero attached hydrogens (tertiary/aromatic N) is 1. The van der Waals surface area contributed by atoms with Crippen LogP contribution in [0.1, 0.15) is 6.42 Å². The molecule has 1 N–H and O–H groups in total. The molecule has 2 atom stereocenters. The highest BCUT2D eigenvalue weighted by molar-refractivity contribution is 8.01. The van der Waals surface area contributed by atoms with Crippen molar-refractivity contribution in [2.75, 3.05) is 0 Å². The van der Waals surface area contributed by atoms with Gasteiger partial charge in [0.2, 0.25) is 5.91 Å². The van der Waals surface area contributed by atoms with E-state index in [2.05, 4.69) is 0 Å². The van der Waals surface area contributed by atoms with Crippen LogP contribution < -0.4 is 0 Å². The highest BCUT2D eigenvalue weighted by Crippen LogP contribution is 2.36. The van der Waals surface area contributed by atoms with Gasteiger partial charge in [0.1, 0.15) is 5.25 Å². The number of hydrogen-bond donors (Lipinski definition) is 1. The molecule has 2 aliphatic rings. The Kier molecular flexibility index (Phi) is 1.61. The minimum atomic E-state index is -0.838. The van der Waals surface area contributed by atoms with E-state index in [-0.39, 0.29) is 11.3 Å². The van der Waals surface area contributed by atoms with E-state index in [1.807, 2.05) is 0 Å². The summed E-state index contributed by atoms with van der Waals surface area (Å²) in [4.78, 5) is 23.0. The van der Waals surface area contributed by atoms with Gasteiger partial charge in [-0.25, -0.2) is 0 Å². The largest absolute Gasteiger partial charge is 0.480 e. The fourth-order valence-corrected chi connectivity index (χ4v) is 2.39. The van der Waals surface area contributed by atoms with Gasteiger partial charge >= 0.3 is 5.97 Å². The summed E-state index contributed by atoms with van der Waals surface area (Å²) >= 11 is 1.31. The van der Waals surface area contributed by atoms with Crippen molar-refractivity contribution in [1.29, 1.82) is 0 Å². The standard InChI is InChI=1S/C7H7NO3S/c9-5-3-6-8(5)2-1-4(12-6)7(10)11/h1-2,4,6H,3H2,(H,10,11). The SMILES string of the molecule is O=C(O)C1C=CN2C(=O)CC2S1. The lowest BCUT2D eigenvalue weighted by Crippen LogP contribution is -2.50. The van der Waals surface area contributed by atoms with Crippen LogP contribution in [-0.2, 0) is 9.59 Å². The number of rotatable bonds is 1. The minimum Gasteiger partial charge on any atom is -0.480 e. The average Bonchev–Trinajstić information content (AvgIpc) is 2.01. The Hall–Kier alpha value is -0.970. The summed E-state index contributed by atoms with van der Waals surface area (Å²) in [7, 11) is 0. The Morgan fingerprint density at radius 2 is 2.50 bits per heavy atom. The summed E-state index contributed by atoms with van der Waals surface area (Å²) in [6.45, 7) is 0. The molecule has 5 heteroatoms. The lowest BCUT2D eigenvalue weighted by atomic mass is 10.2. The molecule has 0 aliphatic carbocycles. The molecule has 2 rings (SSSR count). The summed E-state index contributed by atoms with van der Waals surface area (Å²) < 4.78 is 0. The van der Waals surface area contributed by atoms with Crippen molar-refractivity contribution in [3.05, 3.63) is 12.3 Å². The van der Waals surface area contributed by atoms with E-state index in [4.69, 9.17) is 5.11 Å². The van der Waals surface area contributed by atoms with Gasteiger partial charge in [-0.2, -0.15) is 0 Å². The zero-order valence-electron chi connectivity index (χ0n) is 6.14. The van der Waals surface area contributed by atoms with Crippen molar-refractivity contribution < 1.29 is 14.7 Å². The molecule has 2 unspecified atom stereocenters. The van der Waals surface area contributed by atoms with E-state index < -0.39 is 11.2 Å². The molecule has 64 valence electrons. The van der Waals surface area contributed by atoms with Gasteiger partial charge < -0.3 is 10.0 Å². The Labute approximate surface area is 73.2 Å². The number of amides is 1. The highest BCUT2D eigenvalue weighted by Gasteiger charge is 2.40. The summed E-state index contributed by atoms with van der Waals surface area (Å²) in [6.07, 6.45) is 3.59. The summed E-state index contributed by atoms with van der Waals surface area (Å²) in [5, 5.41) is 8.23. The summed E-state index contributed by atoms with van der Waals surface area (Å²) in [5.41, 5.74) is 0. The van der Waals surface area contributed by atoms with Gasteiger partial charge in [0.15, 0.2) is 0 Å². The van der Waals surface area contributed by atoms with Crippen LogP contribution in [0.25, 0.3) is 0 Å². The van der Waals surface area contributed by atoms with Crippen LogP contribution in [0.2, 0.25) is 0 Å². The predicted molar refractivity (Wildman–Crippen MR) is 43.4 cm³/mol. The third kappa shape index (κ3) is 1.01. The first-order valence-corrected chi connectivity index (χ1v) is 4.50. The second kappa shape index (κ2) is 2.52. The zero-order chi connectivity index (χ0) is 8.72. The Morgan fingerprint density at radius 3 is 3.00 bits per heavy atom. The molecular weight excluding hydrogens is 178 g/mol. The van der Waals surface area contributed by atoms with Crippen molar-refractivity contribution in [2.24, 2.45) is 0 Å². The second-order valence-corrected chi connectivity index (χ2v) is 4.02. The monoisotopic (exact) mass is 185 g/mol. The lowest BCUT2D eigenvalue weighted by Gasteiger charge is -2.40. The molecule has 0 saturated carbocycles. The number of carboxylic acid groups (broad SMARTS) is 1. The zero-order valence-corrected chi connectivity index (χ0v) is 6.95. The van der Waals surface area contributed by atoms with E-state index >= 15 is 0 Å². The first-order chi connectivity index (χ1) is 5.68. The molecule has 4 nitrogen and oxygen atoms in total. The van der Waals surface area contributed by atoms with Crippen LogP contribution in [0, 0.1) is 0 Å². The van der Waals surface area contributed by atoms with Crippen molar-refractivity contribution in [3.8, 4) is 0 Å². The molecule has 0 aromatic carbocycles. The number of carbonyl (C=O) groups is 2. The molecule has 12 heavy (non-hydrogen) atoms. The molecular formula is C7H7NO3S. The number of fused-ring (bicyclic) bond motifs is 1. The predicted octanol–water partition coefficient (Wildman–Crippen LogP) is 0.258. The van der Waals surface area contributed by atoms with Crippen LogP contribution in [0.5, 0.6) is 0 Å². The first kappa shape index (κ1) is 7.67. The van der Waals surface area contributed by atoms with Gasteiger partial charge in [0.05, 0.1) is 11.8 Å². The molecule has 0 aromatic rings. The third-order valence-corrected chi connectivity index (χ3v) is 3.28. The molecule has 0 aromatic heterocycles. The van der Waals surface area contributed by atoms with Crippen molar-refractivity contribution >= 4 is 23.6 Å². The van der Waals surface area contributed by atoms with E-state index in [0.29, 0.717) is 6.42 Å². The van der Waals surface area contributed by atoms with Crippen LogP contribution in [0.15, 0.2) is 12.3 Å². The molecule has 1 amide bonds. The van der Waals surface area contributed by atoms with Crippen LogP contribution in [-0.4, -0.2) is 32.5 Å². The molecule has 1 fully saturated rings. The van der Waals surface area contributed by atoms with Crippen molar-refractivity contribution in [1.82, 2.24) is 4.90 Å². The molecule has 0 spiro atoms. The second-order valence-electron chi connectivity index (χ2n) is 2.70. The van der Waals surface area contributed by atoms with Gasteiger partial charge in [0.25, 0.3) is 0 Å². The van der Waals surface area contributed by atoms with Gasteiger partial charge in [-0.3, -0.25) is 9.59 Å². The smallest absolute Gasteiger partial charge is 0.320 e. The summed E-state index contributed by atoms with van der Waals surface area (Å²) in [5.74, 6) is -0.761. The van der Waals surface area contributed by atoms with E-state index in [0.717, 1.165) is 0 Å². The molecule has 2 aliphatic heterocycles. The maximum Gasteiger partial charge on any atom is 0.320 e. The fraction of sp³-hybridized carbons (Fsp3) is 0.429. The van der Waals surface area contributed by atoms with E-state index in [9.17, 15) is 9.59 Å². The maximum atomic E-state index is 10.9. The molecule has 0 radical (unpaired) electrons. The summed E-state index contributed by atoms with van der Waals surface area (Å²) in [6, 6.07) is 0. The van der Waals surface area contributed by atoms with E-state index in [1.165, 1.54) is 11.8 Å². The molecule has 0 bridgehead atoms. The quantitative estimate of drug-likeness (QED) is 0.595. The Bertz CT molecular complexity index is 276. The number of carboxylic acids is 1. The number of β-lactam (4-membered cyclic amide) rings is 1. The van der Waals surface area contributed by atoms with Gasteiger partial charge in [-0.15, -0.1) is 11.8 Å². The lowest BCUT2D eigenvalue weighted by molar-refractivity contribution is -0.139. The van der Waals surface area contributed by atoms with Gasteiger partial charge in [-0.05, 0) is 6.08 Å². The van der Waals surface area contributed by atoms with E-state index in [1.54, 1.807) is 17.2 Å². The topological polar surface area (TPSA) is 57.6 Å². The number of hydrogen-bond acceptors (Lipinski definition) is 3. The van der Waals surface area contributed by atoms with Gasteiger partial charge in [0, 0.05) is 6.20 Å². The molecule has 2 heterocycles. The highest BCUT2D eigenvalue weighted by atomic mass is 32.2. The number of carbonyl (C=O) groups excluding carboxylic acids is 1. The van der Waals surface area contributed by atoms with Crippen LogP contribution >= 0.6 is 11.8 Å².